The van der Waals surface area contributed by atoms with Crippen LogP contribution >= 0.6 is 0 Å². The number of methoxy groups -OCH3 is 1. The molecule has 2 aromatic carbocycles. The Hall–Kier alpha value is -3.94. The molecule has 0 aliphatic heterocycles. The summed E-state index contributed by atoms with van der Waals surface area (Å²) in [6.45, 7) is 1.79. The molecule has 0 saturated heterocycles. The summed E-state index contributed by atoms with van der Waals surface area (Å²) in [4.78, 5) is 30.2. The molecule has 4 aromatic rings. The molecule has 8 heteroatoms. The number of aromatic nitrogens is 2. The van der Waals surface area contributed by atoms with Crippen LogP contribution in [0, 0.1) is 12.7 Å². The first kappa shape index (κ1) is 19.4. The topological polar surface area (TPSA) is 86.4 Å². The molecule has 1 N–H and O–H groups in total. The van der Waals surface area contributed by atoms with E-state index in [2.05, 4.69) is 10.3 Å². The third-order valence-corrected chi connectivity index (χ3v) is 4.68. The van der Waals surface area contributed by atoms with Gasteiger partial charge in [-0.2, -0.15) is 0 Å². The van der Waals surface area contributed by atoms with E-state index in [1.807, 2.05) is 0 Å². The summed E-state index contributed by atoms with van der Waals surface area (Å²) in [6, 6.07) is 12.7. The highest BCUT2D eigenvalue weighted by atomic mass is 19.1. The third kappa shape index (κ3) is 3.67. The number of nitrogens with zero attached hydrogens (tertiary/aromatic N) is 2. The van der Waals surface area contributed by atoms with Crippen LogP contribution in [-0.4, -0.2) is 22.6 Å². The van der Waals surface area contributed by atoms with Crippen LogP contribution in [0.25, 0.3) is 11.1 Å². The van der Waals surface area contributed by atoms with Crippen molar-refractivity contribution in [2.45, 2.75) is 13.5 Å². The fraction of sp³-hybridized carbons (Fsp3) is 0.136. The Bertz CT molecular complexity index is 1290. The first-order chi connectivity index (χ1) is 14.5. The number of aryl methyl sites for hydroxylation is 1. The average molecular weight is 407 g/mol. The minimum Gasteiger partial charge on any atom is -0.497 e. The summed E-state index contributed by atoms with van der Waals surface area (Å²) in [6.07, 6.45) is 1.35. The van der Waals surface area contributed by atoms with Gasteiger partial charge in [0.05, 0.1) is 19.2 Å². The number of furan rings is 1. The fourth-order valence-electron chi connectivity index (χ4n) is 3.20. The van der Waals surface area contributed by atoms with Gasteiger partial charge in [-0.25, -0.2) is 9.37 Å². The van der Waals surface area contributed by atoms with Crippen molar-refractivity contribution in [3.63, 3.8) is 0 Å². The number of ether oxygens (including phenoxy) is 1. The minimum absolute atomic E-state index is 0.0867. The molecule has 2 aromatic heterocycles. The van der Waals surface area contributed by atoms with E-state index >= 15 is 0 Å². The number of halogens is 1. The maximum absolute atomic E-state index is 13.1. The number of nitrogens with one attached hydrogen (secondary N) is 1. The molecular formula is C22H18FN3O4. The molecule has 0 aliphatic rings. The summed E-state index contributed by atoms with van der Waals surface area (Å²) in [5.74, 6) is 0.0268. The maximum atomic E-state index is 13.1. The lowest BCUT2D eigenvalue weighted by Crippen LogP contribution is -2.23. The Morgan fingerprint density at radius 1 is 1.23 bits per heavy atom. The van der Waals surface area contributed by atoms with Crippen LogP contribution in [0.1, 0.15) is 21.7 Å². The van der Waals surface area contributed by atoms with Gasteiger partial charge in [0.15, 0.2) is 0 Å². The van der Waals surface area contributed by atoms with Gasteiger partial charge in [0.1, 0.15) is 29.0 Å². The Kier molecular flexibility index (Phi) is 5.05. The molecule has 1 amide bonds. The van der Waals surface area contributed by atoms with E-state index in [0.29, 0.717) is 11.4 Å². The van der Waals surface area contributed by atoms with Gasteiger partial charge < -0.3 is 14.5 Å². The lowest BCUT2D eigenvalue weighted by Gasteiger charge is -2.08. The molecule has 0 unspecified atom stereocenters. The van der Waals surface area contributed by atoms with Crippen molar-refractivity contribution in [2.24, 2.45) is 0 Å². The number of anilines is 1. The Morgan fingerprint density at radius 2 is 2.00 bits per heavy atom. The smallest absolute Gasteiger partial charge is 0.265 e. The highest BCUT2D eigenvalue weighted by Crippen LogP contribution is 2.23. The number of carbonyl (C=O) groups is 1. The molecule has 152 valence electrons. The van der Waals surface area contributed by atoms with Crippen LogP contribution < -0.4 is 15.6 Å². The number of hydrogen-bond donors (Lipinski definition) is 1. The molecule has 0 spiro atoms. The number of rotatable bonds is 5. The quantitative estimate of drug-likeness (QED) is 0.545. The van der Waals surface area contributed by atoms with Gasteiger partial charge in [0.25, 0.3) is 11.5 Å². The van der Waals surface area contributed by atoms with E-state index in [-0.39, 0.29) is 34.8 Å². The predicted molar refractivity (Wildman–Crippen MR) is 109 cm³/mol. The molecule has 0 fully saturated rings. The minimum atomic E-state index is -0.488. The van der Waals surface area contributed by atoms with Crippen molar-refractivity contribution in [1.82, 2.24) is 9.55 Å². The number of amides is 1. The molecule has 7 nitrogen and oxygen atoms in total. The summed E-state index contributed by atoms with van der Waals surface area (Å²) >= 11 is 0. The van der Waals surface area contributed by atoms with E-state index in [1.54, 1.807) is 43.3 Å². The lowest BCUT2D eigenvalue weighted by molar-refractivity contribution is 0.102. The van der Waals surface area contributed by atoms with Gasteiger partial charge in [-0.15, -0.1) is 0 Å². The van der Waals surface area contributed by atoms with Gasteiger partial charge in [-0.3, -0.25) is 14.2 Å². The van der Waals surface area contributed by atoms with Crippen LogP contribution in [0.3, 0.4) is 0 Å². The molecular weight excluding hydrogens is 389 g/mol. The van der Waals surface area contributed by atoms with Crippen molar-refractivity contribution in [3.05, 3.63) is 87.9 Å². The van der Waals surface area contributed by atoms with Gasteiger partial charge in [-0.05, 0) is 36.8 Å². The number of carbonyl (C=O) groups excluding carboxylic acids is 1. The molecule has 4 rings (SSSR count). The van der Waals surface area contributed by atoms with Crippen molar-refractivity contribution < 1.29 is 18.3 Å². The van der Waals surface area contributed by atoms with E-state index in [1.165, 1.54) is 30.1 Å². The first-order valence-corrected chi connectivity index (χ1v) is 9.14. The van der Waals surface area contributed by atoms with E-state index in [4.69, 9.17) is 9.15 Å². The second-order valence-electron chi connectivity index (χ2n) is 6.70. The molecule has 30 heavy (non-hydrogen) atoms. The van der Waals surface area contributed by atoms with Gasteiger partial charge in [0.2, 0.25) is 5.71 Å². The zero-order chi connectivity index (χ0) is 21.3. The molecule has 0 bridgehead atoms. The Balaban J connectivity index is 1.72. The number of fused-ring (bicyclic) bond motifs is 1. The lowest BCUT2D eigenvalue weighted by atomic mass is 10.1. The highest BCUT2D eigenvalue weighted by molar-refractivity contribution is 6.12. The van der Waals surface area contributed by atoms with E-state index < -0.39 is 11.5 Å². The summed E-state index contributed by atoms with van der Waals surface area (Å²) in [7, 11) is 1.53. The Morgan fingerprint density at radius 3 is 2.73 bits per heavy atom. The monoisotopic (exact) mass is 407 g/mol. The molecule has 0 aliphatic carbocycles. The van der Waals surface area contributed by atoms with Crippen LogP contribution in [0.15, 0.2) is 64.1 Å². The zero-order valence-corrected chi connectivity index (χ0v) is 16.3. The molecule has 0 saturated carbocycles. The van der Waals surface area contributed by atoms with Crippen molar-refractivity contribution >= 4 is 22.7 Å². The Labute approximate surface area is 170 Å². The van der Waals surface area contributed by atoms with Crippen LogP contribution in [0.5, 0.6) is 5.75 Å². The van der Waals surface area contributed by atoms with Crippen molar-refractivity contribution in [2.75, 3.05) is 12.4 Å². The largest absolute Gasteiger partial charge is 0.497 e. The summed E-state index contributed by atoms with van der Waals surface area (Å²) in [5.41, 5.74) is 1.03. The maximum Gasteiger partial charge on any atom is 0.265 e. The van der Waals surface area contributed by atoms with E-state index in [9.17, 15) is 14.0 Å². The zero-order valence-electron chi connectivity index (χ0n) is 16.3. The third-order valence-electron chi connectivity index (χ3n) is 4.68. The standard InChI is InChI=1S/C22H18FN3O4/c1-13-18(20(27)25-16-4-3-5-17(10-16)29-2)19-21(30-13)24-12-26(22(19)28)11-14-6-8-15(23)9-7-14/h3-10,12H,11H2,1-2H3,(H,25,27). The first-order valence-electron chi connectivity index (χ1n) is 9.14. The molecule has 2 heterocycles. The van der Waals surface area contributed by atoms with Gasteiger partial charge in [-0.1, -0.05) is 18.2 Å². The van der Waals surface area contributed by atoms with Crippen molar-refractivity contribution in [3.8, 4) is 5.75 Å². The summed E-state index contributed by atoms with van der Waals surface area (Å²) in [5, 5.41) is 2.85. The van der Waals surface area contributed by atoms with Crippen LogP contribution in [-0.2, 0) is 6.54 Å². The SMILES string of the molecule is COc1cccc(NC(=O)c2c(C)oc3ncn(Cc4ccc(F)cc4)c(=O)c23)c1. The highest BCUT2D eigenvalue weighted by Gasteiger charge is 2.23. The fourth-order valence-corrected chi connectivity index (χ4v) is 3.20. The van der Waals surface area contributed by atoms with E-state index in [0.717, 1.165) is 5.56 Å². The molecule has 0 radical (unpaired) electrons. The summed E-state index contributed by atoms with van der Waals surface area (Å²) < 4.78 is 25.2. The second kappa shape index (κ2) is 7.82. The predicted octanol–water partition coefficient (Wildman–Crippen LogP) is 3.75. The normalized spacial score (nSPS) is 10.9. The van der Waals surface area contributed by atoms with Crippen LogP contribution in [0.2, 0.25) is 0 Å². The number of benzene rings is 2. The average Bonchev–Trinajstić information content (AvgIpc) is 3.08. The van der Waals surface area contributed by atoms with Crippen molar-refractivity contribution in [1.29, 1.82) is 0 Å². The molecule has 0 atom stereocenters. The van der Waals surface area contributed by atoms with Crippen LogP contribution in [0.4, 0.5) is 10.1 Å². The van der Waals surface area contributed by atoms with Gasteiger partial charge in [0, 0.05) is 11.8 Å². The van der Waals surface area contributed by atoms with Gasteiger partial charge >= 0.3 is 0 Å². The number of hydrogen-bond acceptors (Lipinski definition) is 5. The second-order valence-corrected chi connectivity index (χ2v) is 6.70.